The number of aromatic nitrogens is 2. The normalized spacial score (nSPS) is 10.4. The van der Waals surface area contributed by atoms with Crippen molar-refractivity contribution in [2.75, 3.05) is 5.32 Å². The Labute approximate surface area is 164 Å². The predicted molar refractivity (Wildman–Crippen MR) is 108 cm³/mol. The van der Waals surface area contributed by atoms with Crippen LogP contribution in [-0.4, -0.2) is 21.8 Å². The second-order valence-electron chi connectivity index (χ2n) is 6.68. The molecule has 0 fully saturated rings. The van der Waals surface area contributed by atoms with Crippen molar-refractivity contribution in [3.63, 3.8) is 0 Å². The minimum Gasteiger partial charge on any atom is -0.347 e. The van der Waals surface area contributed by atoms with E-state index in [9.17, 15) is 9.59 Å². The van der Waals surface area contributed by atoms with E-state index in [1.807, 2.05) is 39.0 Å². The van der Waals surface area contributed by atoms with E-state index in [1.54, 1.807) is 36.7 Å². The number of carbonyl (C=O) groups excluding carboxylic acids is 2. The van der Waals surface area contributed by atoms with Crippen LogP contribution in [0, 0.1) is 20.8 Å². The Kier molecular flexibility index (Phi) is 5.79. The van der Waals surface area contributed by atoms with E-state index in [2.05, 4.69) is 20.6 Å². The fourth-order valence-electron chi connectivity index (χ4n) is 3.02. The summed E-state index contributed by atoms with van der Waals surface area (Å²) < 4.78 is 0. The Bertz CT molecular complexity index is 993. The topological polar surface area (TPSA) is 84.0 Å². The quantitative estimate of drug-likeness (QED) is 0.715. The second-order valence-corrected chi connectivity index (χ2v) is 6.68. The van der Waals surface area contributed by atoms with Crippen LogP contribution >= 0.6 is 0 Å². The highest BCUT2D eigenvalue weighted by Crippen LogP contribution is 2.22. The molecule has 0 aliphatic heterocycles. The number of rotatable bonds is 5. The number of amides is 2. The number of hydrogen-bond acceptors (Lipinski definition) is 4. The third-order valence-corrected chi connectivity index (χ3v) is 4.31. The van der Waals surface area contributed by atoms with Gasteiger partial charge in [-0.1, -0.05) is 29.8 Å². The molecule has 2 aromatic heterocycles. The van der Waals surface area contributed by atoms with Crippen LogP contribution in [-0.2, 0) is 6.54 Å². The zero-order valence-electron chi connectivity index (χ0n) is 16.1. The molecule has 28 heavy (non-hydrogen) atoms. The highest BCUT2D eigenvalue weighted by molar-refractivity contribution is 6.04. The lowest BCUT2D eigenvalue weighted by Crippen LogP contribution is -2.25. The van der Waals surface area contributed by atoms with Crippen molar-refractivity contribution in [1.29, 1.82) is 0 Å². The predicted octanol–water partition coefficient (Wildman–Crippen LogP) is 3.58. The zero-order chi connectivity index (χ0) is 20.1. The summed E-state index contributed by atoms with van der Waals surface area (Å²) in [6.45, 7) is 6.25. The van der Waals surface area contributed by atoms with Crippen LogP contribution in [0.15, 0.2) is 54.9 Å². The van der Waals surface area contributed by atoms with Gasteiger partial charge < -0.3 is 10.6 Å². The van der Waals surface area contributed by atoms with Gasteiger partial charge in [-0.25, -0.2) is 4.98 Å². The number of pyridine rings is 2. The summed E-state index contributed by atoms with van der Waals surface area (Å²) in [6.07, 6.45) is 3.36. The van der Waals surface area contributed by atoms with E-state index in [0.29, 0.717) is 6.54 Å². The Morgan fingerprint density at radius 2 is 1.61 bits per heavy atom. The Morgan fingerprint density at radius 3 is 2.25 bits per heavy atom. The van der Waals surface area contributed by atoms with E-state index in [4.69, 9.17) is 0 Å². The lowest BCUT2D eigenvalue weighted by molar-refractivity contribution is 0.0945. The molecule has 0 bridgehead atoms. The third-order valence-electron chi connectivity index (χ3n) is 4.31. The molecule has 3 rings (SSSR count). The minimum atomic E-state index is -0.350. The fraction of sp³-hybridized carbons (Fsp3) is 0.182. The first-order chi connectivity index (χ1) is 13.4. The largest absolute Gasteiger partial charge is 0.347 e. The van der Waals surface area contributed by atoms with Gasteiger partial charge in [0.15, 0.2) is 0 Å². The van der Waals surface area contributed by atoms with E-state index < -0.39 is 0 Å². The molecule has 0 saturated carbocycles. The van der Waals surface area contributed by atoms with Gasteiger partial charge in [0.05, 0.1) is 0 Å². The lowest BCUT2D eigenvalue weighted by atomic mass is 10.0. The summed E-state index contributed by atoms with van der Waals surface area (Å²) in [4.78, 5) is 33.2. The van der Waals surface area contributed by atoms with E-state index in [-0.39, 0.29) is 23.2 Å². The number of nitrogens with one attached hydrogen (secondary N) is 2. The molecular weight excluding hydrogens is 352 g/mol. The first kappa shape index (κ1) is 19.2. The summed E-state index contributed by atoms with van der Waals surface area (Å²) in [5.41, 5.74) is 5.13. The van der Waals surface area contributed by atoms with Crippen molar-refractivity contribution in [2.24, 2.45) is 0 Å². The van der Waals surface area contributed by atoms with Gasteiger partial charge >= 0.3 is 0 Å². The maximum absolute atomic E-state index is 12.6. The first-order valence-corrected chi connectivity index (χ1v) is 8.97. The van der Waals surface area contributed by atoms with Crippen LogP contribution < -0.4 is 10.6 Å². The molecule has 6 heteroatoms. The summed E-state index contributed by atoms with van der Waals surface area (Å²) >= 11 is 0. The van der Waals surface area contributed by atoms with Crippen molar-refractivity contribution in [3.8, 4) is 0 Å². The van der Waals surface area contributed by atoms with E-state index in [1.165, 1.54) is 0 Å². The van der Waals surface area contributed by atoms with Gasteiger partial charge in [0, 0.05) is 24.6 Å². The number of aryl methyl sites for hydroxylation is 3. The molecular formula is C22H22N4O2. The van der Waals surface area contributed by atoms with Crippen molar-refractivity contribution in [2.45, 2.75) is 27.3 Å². The van der Waals surface area contributed by atoms with Crippen LogP contribution in [0.5, 0.6) is 0 Å². The van der Waals surface area contributed by atoms with Gasteiger partial charge in [-0.05, 0) is 55.7 Å². The molecule has 1 aromatic carbocycles. The number of benzene rings is 1. The van der Waals surface area contributed by atoms with Crippen LogP contribution in [0.4, 0.5) is 5.69 Å². The van der Waals surface area contributed by atoms with Gasteiger partial charge in [-0.2, -0.15) is 0 Å². The molecule has 2 amide bonds. The zero-order valence-corrected chi connectivity index (χ0v) is 16.1. The molecule has 6 nitrogen and oxygen atoms in total. The Balaban J connectivity index is 1.72. The van der Waals surface area contributed by atoms with E-state index >= 15 is 0 Å². The van der Waals surface area contributed by atoms with Crippen molar-refractivity contribution < 1.29 is 9.59 Å². The Morgan fingerprint density at radius 1 is 0.929 bits per heavy atom. The van der Waals surface area contributed by atoms with Gasteiger partial charge in [0.2, 0.25) is 0 Å². The molecule has 0 radical (unpaired) electrons. The average molecular weight is 374 g/mol. The van der Waals surface area contributed by atoms with Crippen molar-refractivity contribution >= 4 is 17.5 Å². The Hall–Kier alpha value is -3.54. The smallest absolute Gasteiger partial charge is 0.274 e. The number of hydrogen-bond donors (Lipinski definition) is 2. The van der Waals surface area contributed by atoms with Gasteiger partial charge in [0.1, 0.15) is 11.4 Å². The van der Waals surface area contributed by atoms with Gasteiger partial charge in [-0.3, -0.25) is 14.6 Å². The fourth-order valence-corrected chi connectivity index (χ4v) is 3.02. The number of anilines is 1. The molecule has 0 atom stereocenters. The van der Waals surface area contributed by atoms with Crippen LogP contribution in [0.3, 0.4) is 0 Å². The monoisotopic (exact) mass is 374 g/mol. The number of nitrogens with zero attached hydrogens (tertiary/aromatic N) is 2. The highest BCUT2D eigenvalue weighted by atomic mass is 16.2. The molecule has 0 aliphatic carbocycles. The summed E-state index contributed by atoms with van der Waals surface area (Å²) in [7, 11) is 0. The van der Waals surface area contributed by atoms with Crippen molar-refractivity contribution in [1.82, 2.24) is 15.3 Å². The molecule has 2 N–H and O–H groups in total. The molecule has 0 aliphatic rings. The van der Waals surface area contributed by atoms with Gasteiger partial charge in [0.25, 0.3) is 11.8 Å². The molecule has 0 spiro atoms. The maximum atomic E-state index is 12.6. The van der Waals surface area contributed by atoms with Crippen LogP contribution in [0.2, 0.25) is 0 Å². The van der Waals surface area contributed by atoms with Crippen LogP contribution in [0.1, 0.15) is 43.2 Å². The third kappa shape index (κ3) is 4.59. The molecule has 3 aromatic rings. The molecule has 0 saturated heterocycles. The molecule has 0 unspecified atom stereocenters. The minimum absolute atomic E-state index is 0.188. The first-order valence-electron chi connectivity index (χ1n) is 8.97. The van der Waals surface area contributed by atoms with Gasteiger partial charge in [-0.15, -0.1) is 0 Å². The summed E-state index contributed by atoms with van der Waals surface area (Å²) in [5.74, 6) is -0.696. The number of carbonyl (C=O) groups is 2. The van der Waals surface area contributed by atoms with E-state index in [0.717, 1.165) is 27.9 Å². The average Bonchev–Trinajstić information content (AvgIpc) is 2.69. The molecule has 2 heterocycles. The SMILES string of the molecule is Cc1cc(C)c(NC(=O)c2cccc(C(=O)NCc3cccnc3)n2)c(C)c1. The maximum Gasteiger partial charge on any atom is 0.274 e. The highest BCUT2D eigenvalue weighted by Gasteiger charge is 2.14. The summed E-state index contributed by atoms with van der Waals surface area (Å²) in [5, 5.41) is 5.69. The lowest BCUT2D eigenvalue weighted by Gasteiger charge is -2.13. The molecule has 142 valence electrons. The standard InChI is InChI=1S/C22H22N4O2/c1-14-10-15(2)20(16(3)11-14)26-22(28)19-8-4-7-18(25-19)21(27)24-13-17-6-5-9-23-12-17/h4-12H,13H2,1-3H3,(H,24,27)(H,26,28). The van der Waals surface area contributed by atoms with Crippen LogP contribution in [0.25, 0.3) is 0 Å². The summed E-state index contributed by atoms with van der Waals surface area (Å²) in [6, 6.07) is 12.5. The second kappa shape index (κ2) is 8.43. The van der Waals surface area contributed by atoms with Crippen molar-refractivity contribution in [3.05, 3.63) is 88.5 Å².